The summed E-state index contributed by atoms with van der Waals surface area (Å²) in [5.74, 6) is -2.24. The molecule has 0 aliphatic carbocycles. The van der Waals surface area contributed by atoms with Crippen molar-refractivity contribution in [3.63, 3.8) is 0 Å². The van der Waals surface area contributed by atoms with E-state index in [-0.39, 0.29) is 30.1 Å². The lowest BCUT2D eigenvalue weighted by Crippen LogP contribution is -2.26. The summed E-state index contributed by atoms with van der Waals surface area (Å²) in [5.41, 5.74) is 0.338. The molecule has 1 heterocycles. The highest BCUT2D eigenvalue weighted by Crippen LogP contribution is 2.30. The van der Waals surface area contributed by atoms with Crippen molar-refractivity contribution in [2.45, 2.75) is 13.0 Å². The molecule has 1 aromatic carbocycles. The van der Waals surface area contributed by atoms with Gasteiger partial charge < -0.3 is 15.1 Å². The van der Waals surface area contributed by atoms with E-state index in [0.29, 0.717) is 5.69 Å². The van der Waals surface area contributed by atoms with Crippen LogP contribution in [0.2, 0.25) is 0 Å². The largest absolute Gasteiger partial charge is 0.481 e. The number of benzene rings is 1. The molecule has 2 N–H and O–H groups in total. The zero-order valence-electron chi connectivity index (χ0n) is 10.4. The van der Waals surface area contributed by atoms with E-state index >= 15 is 0 Å². The molecule has 1 atom stereocenters. The van der Waals surface area contributed by atoms with Crippen LogP contribution in [0, 0.1) is 16.0 Å². The first-order valence-corrected chi connectivity index (χ1v) is 5.85. The molecule has 1 aliphatic rings. The Bertz CT molecular complexity index is 585. The lowest BCUT2D eigenvalue weighted by Gasteiger charge is -2.19. The van der Waals surface area contributed by atoms with E-state index < -0.39 is 23.4 Å². The first-order chi connectivity index (χ1) is 9.43. The normalized spacial score (nSPS) is 18.4. The van der Waals surface area contributed by atoms with E-state index in [4.69, 9.17) is 5.11 Å². The molecule has 0 aromatic heterocycles. The third-order valence-corrected chi connectivity index (χ3v) is 3.21. The van der Waals surface area contributed by atoms with Gasteiger partial charge in [0.05, 0.1) is 17.4 Å². The van der Waals surface area contributed by atoms with Crippen LogP contribution in [0.3, 0.4) is 0 Å². The van der Waals surface area contributed by atoms with E-state index in [1.807, 2.05) is 0 Å². The van der Waals surface area contributed by atoms with Gasteiger partial charge in [0.25, 0.3) is 5.69 Å². The topological polar surface area (TPSA) is 121 Å². The fourth-order valence-corrected chi connectivity index (χ4v) is 2.18. The van der Waals surface area contributed by atoms with Crippen LogP contribution in [0.4, 0.5) is 11.4 Å². The highest BCUT2D eigenvalue weighted by atomic mass is 16.6. The fourth-order valence-electron chi connectivity index (χ4n) is 2.18. The van der Waals surface area contributed by atoms with Gasteiger partial charge in [-0.25, -0.2) is 0 Å². The SMILES string of the molecule is O=C(O)C1CC(=O)N(c2ccc([N+](=O)[O-])cc2CO)C1. The summed E-state index contributed by atoms with van der Waals surface area (Å²) in [6, 6.07) is 3.75. The molecule has 0 radical (unpaired) electrons. The molecule has 8 heteroatoms. The van der Waals surface area contributed by atoms with Crippen LogP contribution in [-0.2, 0) is 16.2 Å². The minimum atomic E-state index is -1.06. The van der Waals surface area contributed by atoms with Crippen LogP contribution in [-0.4, -0.2) is 33.6 Å². The van der Waals surface area contributed by atoms with E-state index in [2.05, 4.69) is 0 Å². The number of carboxylic acids is 1. The molecular weight excluding hydrogens is 268 g/mol. The van der Waals surface area contributed by atoms with Crippen molar-refractivity contribution in [2.75, 3.05) is 11.4 Å². The van der Waals surface area contributed by atoms with Crippen molar-refractivity contribution in [3.05, 3.63) is 33.9 Å². The monoisotopic (exact) mass is 280 g/mol. The molecule has 0 saturated carbocycles. The number of aliphatic carboxylic acids is 1. The number of hydrogen-bond acceptors (Lipinski definition) is 5. The van der Waals surface area contributed by atoms with Gasteiger partial charge in [-0.15, -0.1) is 0 Å². The molecule has 1 fully saturated rings. The molecule has 1 aliphatic heterocycles. The molecule has 0 bridgehead atoms. The van der Waals surface area contributed by atoms with E-state index in [1.54, 1.807) is 0 Å². The second-order valence-electron chi connectivity index (χ2n) is 4.47. The van der Waals surface area contributed by atoms with Crippen LogP contribution in [0.25, 0.3) is 0 Å². The van der Waals surface area contributed by atoms with Crippen molar-refractivity contribution in [3.8, 4) is 0 Å². The van der Waals surface area contributed by atoms with E-state index in [1.165, 1.54) is 23.1 Å². The second kappa shape index (κ2) is 5.25. The summed E-state index contributed by atoms with van der Waals surface area (Å²) in [4.78, 5) is 34.0. The van der Waals surface area contributed by atoms with Gasteiger partial charge >= 0.3 is 5.97 Å². The Hall–Kier alpha value is -2.48. The Balaban J connectivity index is 2.35. The maximum atomic E-state index is 11.8. The molecule has 1 unspecified atom stereocenters. The van der Waals surface area contributed by atoms with Gasteiger partial charge in [-0.1, -0.05) is 0 Å². The number of amides is 1. The third-order valence-electron chi connectivity index (χ3n) is 3.21. The van der Waals surface area contributed by atoms with Crippen LogP contribution in [0.15, 0.2) is 18.2 Å². The van der Waals surface area contributed by atoms with Crippen molar-refractivity contribution < 1.29 is 24.7 Å². The van der Waals surface area contributed by atoms with Crippen LogP contribution < -0.4 is 4.90 Å². The van der Waals surface area contributed by atoms with E-state index in [0.717, 1.165) is 0 Å². The molecule has 0 spiro atoms. The average molecular weight is 280 g/mol. The molecule has 106 valence electrons. The first-order valence-electron chi connectivity index (χ1n) is 5.85. The zero-order valence-corrected chi connectivity index (χ0v) is 10.4. The standard InChI is InChI=1S/C12H12N2O6/c15-6-8-3-9(14(19)20)1-2-10(8)13-5-7(12(17)18)4-11(13)16/h1-3,7,15H,4-6H2,(H,17,18). The number of rotatable bonds is 4. The maximum absolute atomic E-state index is 11.8. The molecule has 8 nitrogen and oxygen atoms in total. The number of carbonyl (C=O) groups excluding carboxylic acids is 1. The van der Waals surface area contributed by atoms with Crippen LogP contribution in [0.1, 0.15) is 12.0 Å². The molecule has 1 saturated heterocycles. The number of hydrogen-bond donors (Lipinski definition) is 2. The summed E-state index contributed by atoms with van der Waals surface area (Å²) in [7, 11) is 0. The number of nitrogens with zero attached hydrogens (tertiary/aromatic N) is 2. The van der Waals surface area contributed by atoms with Gasteiger partial charge in [-0.3, -0.25) is 19.7 Å². The highest BCUT2D eigenvalue weighted by molar-refractivity contribution is 5.99. The van der Waals surface area contributed by atoms with Gasteiger partial charge in [0.2, 0.25) is 5.91 Å². The molecular formula is C12H12N2O6. The predicted molar refractivity (Wildman–Crippen MR) is 67.1 cm³/mol. The smallest absolute Gasteiger partial charge is 0.308 e. The molecule has 2 rings (SSSR count). The number of non-ortho nitro benzene ring substituents is 1. The Morgan fingerprint density at radius 2 is 2.20 bits per heavy atom. The number of aliphatic hydroxyl groups is 1. The predicted octanol–water partition coefficient (Wildman–Crippen LogP) is 0.525. The Morgan fingerprint density at radius 3 is 2.70 bits per heavy atom. The van der Waals surface area contributed by atoms with E-state index in [9.17, 15) is 24.8 Å². The number of aliphatic hydroxyl groups excluding tert-OH is 1. The Morgan fingerprint density at radius 1 is 1.50 bits per heavy atom. The van der Waals surface area contributed by atoms with Crippen molar-refractivity contribution in [1.82, 2.24) is 0 Å². The molecule has 1 amide bonds. The Labute approximate surface area is 113 Å². The fraction of sp³-hybridized carbons (Fsp3) is 0.333. The van der Waals surface area contributed by atoms with Gasteiger partial charge in [0, 0.05) is 36.3 Å². The average Bonchev–Trinajstić information content (AvgIpc) is 2.80. The van der Waals surface area contributed by atoms with Gasteiger partial charge in [0.15, 0.2) is 0 Å². The van der Waals surface area contributed by atoms with Crippen molar-refractivity contribution >= 4 is 23.3 Å². The number of carboxylic acid groups (broad SMARTS) is 1. The number of nitro benzene ring substituents is 1. The van der Waals surface area contributed by atoms with Gasteiger partial charge in [0.1, 0.15) is 0 Å². The van der Waals surface area contributed by atoms with Crippen LogP contribution >= 0.6 is 0 Å². The number of carbonyl (C=O) groups is 2. The summed E-state index contributed by atoms with van der Waals surface area (Å²) >= 11 is 0. The number of nitro groups is 1. The first kappa shape index (κ1) is 13.9. The molecule has 1 aromatic rings. The second-order valence-corrected chi connectivity index (χ2v) is 4.47. The summed E-state index contributed by atoms with van der Waals surface area (Å²) in [5, 5.41) is 28.9. The minimum absolute atomic E-state index is 0.00101. The Kier molecular flexibility index (Phi) is 3.66. The maximum Gasteiger partial charge on any atom is 0.308 e. The zero-order chi connectivity index (χ0) is 14.9. The summed E-state index contributed by atoms with van der Waals surface area (Å²) in [6.07, 6.45) is -0.114. The van der Waals surface area contributed by atoms with Crippen molar-refractivity contribution in [1.29, 1.82) is 0 Å². The quantitative estimate of drug-likeness (QED) is 0.612. The number of anilines is 1. The van der Waals surface area contributed by atoms with Crippen LogP contribution in [0.5, 0.6) is 0 Å². The van der Waals surface area contributed by atoms with Gasteiger partial charge in [-0.2, -0.15) is 0 Å². The third kappa shape index (κ3) is 2.45. The lowest BCUT2D eigenvalue weighted by molar-refractivity contribution is -0.384. The minimum Gasteiger partial charge on any atom is -0.481 e. The molecule has 20 heavy (non-hydrogen) atoms. The lowest BCUT2D eigenvalue weighted by atomic mass is 10.1. The highest BCUT2D eigenvalue weighted by Gasteiger charge is 2.36. The summed E-state index contributed by atoms with van der Waals surface area (Å²) in [6.45, 7) is -0.475. The van der Waals surface area contributed by atoms with Crippen molar-refractivity contribution in [2.24, 2.45) is 5.92 Å². The summed E-state index contributed by atoms with van der Waals surface area (Å²) < 4.78 is 0. The van der Waals surface area contributed by atoms with Gasteiger partial charge in [-0.05, 0) is 6.07 Å².